The lowest BCUT2D eigenvalue weighted by Crippen LogP contribution is -2.46. The van der Waals surface area contributed by atoms with Crippen molar-refractivity contribution in [2.45, 2.75) is 13.2 Å². The molecule has 0 radical (unpaired) electrons. The van der Waals surface area contributed by atoms with E-state index < -0.39 is 5.97 Å². The molecule has 1 aliphatic heterocycles. The van der Waals surface area contributed by atoms with E-state index in [9.17, 15) is 9.90 Å². The van der Waals surface area contributed by atoms with Crippen LogP contribution in [0.1, 0.15) is 21.5 Å². The summed E-state index contributed by atoms with van der Waals surface area (Å²) >= 11 is 6.01. The highest BCUT2D eigenvalue weighted by atomic mass is 35.5. The Morgan fingerprint density at radius 2 is 1.77 bits per heavy atom. The second-order valence-electron chi connectivity index (χ2n) is 7.51. The Balaban J connectivity index is 1.28. The van der Waals surface area contributed by atoms with Crippen molar-refractivity contribution in [1.29, 1.82) is 0 Å². The summed E-state index contributed by atoms with van der Waals surface area (Å²) in [5.74, 6) is 0.434. The van der Waals surface area contributed by atoms with Crippen LogP contribution in [0.2, 0.25) is 5.02 Å². The number of carboxylic acid groups (broad SMARTS) is 1. The minimum absolute atomic E-state index is 0.254. The van der Waals surface area contributed by atoms with Gasteiger partial charge in [-0.3, -0.25) is 4.90 Å². The van der Waals surface area contributed by atoms with Gasteiger partial charge in [-0.25, -0.2) is 9.78 Å². The lowest BCUT2D eigenvalue weighted by atomic mass is 10.1. The molecule has 7 heteroatoms. The Kier molecular flexibility index (Phi) is 6.70. The van der Waals surface area contributed by atoms with E-state index in [1.807, 2.05) is 41.3 Å². The summed E-state index contributed by atoms with van der Waals surface area (Å²) in [4.78, 5) is 20.1. The van der Waals surface area contributed by atoms with E-state index in [1.165, 1.54) is 5.56 Å². The van der Waals surface area contributed by atoms with Gasteiger partial charge < -0.3 is 14.7 Å². The number of rotatable bonds is 7. The molecule has 0 atom stereocenters. The lowest BCUT2D eigenvalue weighted by Gasteiger charge is -2.35. The number of piperazine rings is 1. The molecule has 160 valence electrons. The van der Waals surface area contributed by atoms with Crippen molar-refractivity contribution in [2.75, 3.05) is 31.1 Å². The normalized spacial score (nSPS) is 14.4. The van der Waals surface area contributed by atoms with Crippen molar-refractivity contribution in [3.8, 4) is 5.75 Å². The Bertz CT molecular complexity index is 1030. The molecule has 1 aromatic heterocycles. The number of benzene rings is 2. The van der Waals surface area contributed by atoms with Crippen molar-refractivity contribution in [3.63, 3.8) is 0 Å². The van der Waals surface area contributed by atoms with E-state index in [4.69, 9.17) is 16.3 Å². The smallest absolute Gasteiger partial charge is 0.339 e. The fraction of sp³-hybridized carbons (Fsp3) is 0.250. The largest absolute Gasteiger partial charge is 0.489 e. The zero-order valence-electron chi connectivity index (χ0n) is 17.1. The van der Waals surface area contributed by atoms with E-state index in [0.29, 0.717) is 17.4 Å². The van der Waals surface area contributed by atoms with E-state index in [0.717, 1.165) is 44.0 Å². The first-order valence-corrected chi connectivity index (χ1v) is 10.6. The molecule has 0 spiro atoms. The SMILES string of the molecule is O=C(O)c1cccnc1N1CCN(Cc2ccc(OCc3cccc(Cl)c3)cc2)CC1. The number of hydrogen-bond donors (Lipinski definition) is 1. The molecule has 0 unspecified atom stereocenters. The summed E-state index contributed by atoms with van der Waals surface area (Å²) < 4.78 is 5.85. The second kappa shape index (κ2) is 9.81. The average molecular weight is 438 g/mol. The average Bonchev–Trinajstić information content (AvgIpc) is 2.79. The van der Waals surface area contributed by atoms with Crippen LogP contribution in [0.5, 0.6) is 5.75 Å². The number of halogens is 1. The quantitative estimate of drug-likeness (QED) is 0.593. The van der Waals surface area contributed by atoms with Gasteiger partial charge in [0.15, 0.2) is 0 Å². The maximum absolute atomic E-state index is 11.4. The lowest BCUT2D eigenvalue weighted by molar-refractivity contribution is 0.0697. The number of nitrogens with zero attached hydrogens (tertiary/aromatic N) is 3. The van der Waals surface area contributed by atoms with Gasteiger partial charge in [-0.1, -0.05) is 35.9 Å². The Morgan fingerprint density at radius 3 is 2.48 bits per heavy atom. The number of carboxylic acids is 1. The molecular weight excluding hydrogens is 414 g/mol. The summed E-state index contributed by atoms with van der Waals surface area (Å²) in [7, 11) is 0. The second-order valence-corrected chi connectivity index (χ2v) is 7.94. The molecule has 1 N–H and O–H groups in total. The van der Waals surface area contributed by atoms with Crippen molar-refractivity contribution in [1.82, 2.24) is 9.88 Å². The van der Waals surface area contributed by atoms with Gasteiger partial charge in [0.1, 0.15) is 23.7 Å². The number of carbonyl (C=O) groups is 1. The number of hydrogen-bond acceptors (Lipinski definition) is 5. The fourth-order valence-electron chi connectivity index (χ4n) is 3.68. The van der Waals surface area contributed by atoms with E-state index in [2.05, 4.69) is 22.0 Å². The van der Waals surface area contributed by atoms with Crippen molar-refractivity contribution < 1.29 is 14.6 Å². The molecule has 2 aromatic carbocycles. The number of anilines is 1. The monoisotopic (exact) mass is 437 g/mol. The predicted molar refractivity (Wildman–Crippen MR) is 121 cm³/mol. The third kappa shape index (κ3) is 5.54. The Labute approximate surface area is 186 Å². The zero-order chi connectivity index (χ0) is 21.6. The molecule has 3 aromatic rings. The van der Waals surface area contributed by atoms with Gasteiger partial charge in [0, 0.05) is 43.9 Å². The molecule has 0 amide bonds. The van der Waals surface area contributed by atoms with Gasteiger partial charge in [-0.15, -0.1) is 0 Å². The van der Waals surface area contributed by atoms with Gasteiger partial charge in [-0.05, 0) is 47.5 Å². The zero-order valence-corrected chi connectivity index (χ0v) is 17.8. The summed E-state index contributed by atoms with van der Waals surface area (Å²) in [6, 6.07) is 19.1. The highest BCUT2D eigenvalue weighted by Gasteiger charge is 2.22. The standard InChI is InChI=1S/C24H24ClN3O3/c25-20-4-1-3-19(15-20)17-31-21-8-6-18(7-9-21)16-27-11-13-28(14-12-27)23-22(24(29)30)5-2-10-26-23/h1-10,15H,11-14,16-17H2,(H,29,30). The molecule has 2 heterocycles. The van der Waals surface area contributed by atoms with Gasteiger partial charge in [-0.2, -0.15) is 0 Å². The minimum Gasteiger partial charge on any atom is -0.489 e. The van der Waals surface area contributed by atoms with E-state index in [-0.39, 0.29) is 5.56 Å². The summed E-state index contributed by atoms with van der Waals surface area (Å²) in [6.45, 7) is 4.52. The van der Waals surface area contributed by atoms with Crippen LogP contribution in [-0.4, -0.2) is 47.1 Å². The van der Waals surface area contributed by atoms with Gasteiger partial charge >= 0.3 is 5.97 Å². The van der Waals surface area contributed by atoms with Crippen LogP contribution < -0.4 is 9.64 Å². The first kappa shape index (κ1) is 21.2. The molecule has 0 bridgehead atoms. The van der Waals surface area contributed by atoms with Gasteiger partial charge in [0.25, 0.3) is 0 Å². The number of aromatic nitrogens is 1. The first-order chi connectivity index (χ1) is 15.1. The number of aromatic carboxylic acids is 1. The molecular formula is C24H24ClN3O3. The van der Waals surface area contributed by atoms with E-state index in [1.54, 1.807) is 18.3 Å². The molecule has 4 rings (SSSR count). The highest BCUT2D eigenvalue weighted by Crippen LogP contribution is 2.21. The molecule has 0 aliphatic carbocycles. The third-order valence-corrected chi connectivity index (χ3v) is 5.55. The van der Waals surface area contributed by atoms with E-state index >= 15 is 0 Å². The first-order valence-electron chi connectivity index (χ1n) is 10.2. The molecule has 31 heavy (non-hydrogen) atoms. The number of ether oxygens (including phenoxy) is 1. The molecule has 1 fully saturated rings. The minimum atomic E-state index is -0.941. The molecule has 6 nitrogen and oxygen atoms in total. The Morgan fingerprint density at radius 1 is 1.00 bits per heavy atom. The van der Waals surface area contributed by atoms with Crippen molar-refractivity contribution in [2.24, 2.45) is 0 Å². The van der Waals surface area contributed by atoms with Crippen molar-refractivity contribution >= 4 is 23.4 Å². The maximum atomic E-state index is 11.4. The third-order valence-electron chi connectivity index (χ3n) is 5.31. The highest BCUT2D eigenvalue weighted by molar-refractivity contribution is 6.30. The summed E-state index contributed by atoms with van der Waals surface area (Å²) in [5.41, 5.74) is 2.50. The van der Waals surface area contributed by atoms with Crippen LogP contribution in [0.15, 0.2) is 66.9 Å². The van der Waals surface area contributed by atoms with Gasteiger partial charge in [0.05, 0.1) is 0 Å². The van der Waals surface area contributed by atoms with Crippen molar-refractivity contribution in [3.05, 3.63) is 88.6 Å². The summed E-state index contributed by atoms with van der Waals surface area (Å²) in [6.07, 6.45) is 1.64. The van der Waals surface area contributed by atoms with Gasteiger partial charge in [0.2, 0.25) is 0 Å². The van der Waals surface area contributed by atoms with Crippen LogP contribution in [0.3, 0.4) is 0 Å². The van der Waals surface area contributed by atoms with Crippen LogP contribution in [-0.2, 0) is 13.2 Å². The molecule has 0 saturated carbocycles. The topological polar surface area (TPSA) is 65.9 Å². The Hall–Kier alpha value is -3.09. The van der Waals surface area contributed by atoms with Crippen LogP contribution in [0, 0.1) is 0 Å². The molecule has 1 aliphatic rings. The number of pyridine rings is 1. The van der Waals surface area contributed by atoms with Crippen LogP contribution >= 0.6 is 11.6 Å². The van der Waals surface area contributed by atoms with Crippen LogP contribution in [0.25, 0.3) is 0 Å². The summed E-state index contributed by atoms with van der Waals surface area (Å²) in [5, 5.41) is 10.1. The van der Waals surface area contributed by atoms with Crippen LogP contribution in [0.4, 0.5) is 5.82 Å². The maximum Gasteiger partial charge on any atom is 0.339 e. The fourth-order valence-corrected chi connectivity index (χ4v) is 3.89. The predicted octanol–water partition coefficient (Wildman–Crippen LogP) is 4.33. The molecule has 1 saturated heterocycles.